The molecular weight excluding hydrogens is 240 g/mol. The van der Waals surface area contributed by atoms with Gasteiger partial charge in [0.05, 0.1) is 13.0 Å². The second kappa shape index (κ2) is 5.57. The van der Waals surface area contributed by atoms with Crippen LogP contribution in [-0.4, -0.2) is 29.8 Å². The van der Waals surface area contributed by atoms with Crippen molar-refractivity contribution in [3.63, 3.8) is 0 Å². The van der Waals surface area contributed by atoms with Crippen LogP contribution in [0.1, 0.15) is 29.3 Å². The van der Waals surface area contributed by atoms with E-state index in [-0.39, 0.29) is 11.8 Å². The summed E-state index contributed by atoms with van der Waals surface area (Å²) in [7, 11) is 0. The number of benzene rings is 1. The summed E-state index contributed by atoms with van der Waals surface area (Å²) in [5, 5.41) is 2.75. The van der Waals surface area contributed by atoms with E-state index in [1.807, 2.05) is 13.0 Å². The van der Waals surface area contributed by atoms with Crippen LogP contribution >= 0.6 is 0 Å². The molecule has 1 aliphatic rings. The molecule has 2 amide bonds. The summed E-state index contributed by atoms with van der Waals surface area (Å²) in [6, 6.07) is 5.29. The first-order valence-corrected chi connectivity index (χ1v) is 6.31. The third-order valence-corrected chi connectivity index (χ3v) is 3.04. The highest BCUT2D eigenvalue weighted by Gasteiger charge is 2.20. The van der Waals surface area contributed by atoms with Gasteiger partial charge in [-0.3, -0.25) is 9.59 Å². The number of terminal acetylenes is 1. The molecule has 0 aromatic heterocycles. The number of nitrogens with one attached hydrogen (secondary N) is 1. The van der Waals surface area contributed by atoms with Crippen molar-refractivity contribution in [2.45, 2.75) is 19.8 Å². The van der Waals surface area contributed by atoms with Crippen molar-refractivity contribution in [3.05, 3.63) is 29.3 Å². The summed E-state index contributed by atoms with van der Waals surface area (Å²) < 4.78 is 0. The Morgan fingerprint density at radius 1 is 1.53 bits per heavy atom. The Kier molecular flexibility index (Phi) is 3.86. The van der Waals surface area contributed by atoms with E-state index >= 15 is 0 Å². The largest absolute Gasteiger partial charge is 0.328 e. The molecular formula is C15H16N2O2. The lowest BCUT2D eigenvalue weighted by molar-refractivity contribution is -0.115. The summed E-state index contributed by atoms with van der Waals surface area (Å²) in [6.07, 6.45) is 6.52. The van der Waals surface area contributed by atoms with Crippen LogP contribution in [0.2, 0.25) is 0 Å². The third-order valence-electron chi connectivity index (χ3n) is 3.04. The number of carbonyl (C=O) groups excluding carboxylic acids is 2. The van der Waals surface area contributed by atoms with E-state index in [4.69, 9.17) is 6.42 Å². The standard InChI is InChI=1S/C15H16N2O2/c1-3-7-17(8-4-2)15(19)12-6-5-11-10-14(18)16-13(11)9-12/h1,5-6,9H,4,7-8,10H2,2H3,(H,16,18). The van der Waals surface area contributed by atoms with Crippen LogP contribution in [0.5, 0.6) is 0 Å². The number of amides is 2. The number of hydrogen-bond donors (Lipinski definition) is 1. The second-order valence-corrected chi connectivity index (χ2v) is 4.53. The number of fused-ring (bicyclic) bond motifs is 1. The molecule has 0 fully saturated rings. The first kappa shape index (κ1) is 13.2. The van der Waals surface area contributed by atoms with Crippen LogP contribution in [0.3, 0.4) is 0 Å². The van der Waals surface area contributed by atoms with Gasteiger partial charge in [0.25, 0.3) is 5.91 Å². The summed E-state index contributed by atoms with van der Waals surface area (Å²) in [6.45, 7) is 2.93. The van der Waals surface area contributed by atoms with Gasteiger partial charge in [-0.05, 0) is 24.1 Å². The molecule has 0 atom stereocenters. The van der Waals surface area contributed by atoms with Gasteiger partial charge in [0.1, 0.15) is 0 Å². The van der Waals surface area contributed by atoms with Gasteiger partial charge in [-0.15, -0.1) is 6.42 Å². The minimum atomic E-state index is -0.0938. The second-order valence-electron chi connectivity index (χ2n) is 4.53. The molecule has 0 aliphatic carbocycles. The SMILES string of the molecule is C#CCN(CCC)C(=O)c1ccc2c(c1)NC(=O)C2. The average Bonchev–Trinajstić information content (AvgIpc) is 2.76. The zero-order valence-electron chi connectivity index (χ0n) is 10.9. The van der Waals surface area contributed by atoms with Gasteiger partial charge < -0.3 is 10.2 Å². The molecule has 0 bridgehead atoms. The summed E-state index contributed by atoms with van der Waals surface area (Å²) in [5.74, 6) is 2.37. The van der Waals surface area contributed by atoms with Gasteiger partial charge >= 0.3 is 0 Å². The smallest absolute Gasteiger partial charge is 0.254 e. The Morgan fingerprint density at radius 3 is 3.00 bits per heavy atom. The molecule has 1 aliphatic heterocycles. The maximum Gasteiger partial charge on any atom is 0.254 e. The number of carbonyl (C=O) groups is 2. The van der Waals surface area contributed by atoms with Crippen LogP contribution in [-0.2, 0) is 11.2 Å². The molecule has 4 nitrogen and oxygen atoms in total. The minimum absolute atomic E-state index is 0.0337. The lowest BCUT2D eigenvalue weighted by Gasteiger charge is -2.19. The summed E-state index contributed by atoms with van der Waals surface area (Å²) in [5.41, 5.74) is 2.22. The van der Waals surface area contributed by atoms with E-state index in [0.717, 1.165) is 17.7 Å². The Morgan fingerprint density at radius 2 is 2.32 bits per heavy atom. The van der Waals surface area contributed by atoms with Crippen LogP contribution < -0.4 is 5.32 Å². The van der Waals surface area contributed by atoms with Crippen molar-refractivity contribution in [1.82, 2.24) is 4.90 Å². The van der Waals surface area contributed by atoms with E-state index < -0.39 is 0 Å². The number of anilines is 1. The molecule has 1 N–H and O–H groups in total. The Bertz CT molecular complexity index is 558. The maximum atomic E-state index is 12.3. The number of rotatable bonds is 4. The van der Waals surface area contributed by atoms with Crippen LogP contribution in [0.4, 0.5) is 5.69 Å². The Labute approximate surface area is 112 Å². The molecule has 0 radical (unpaired) electrons. The summed E-state index contributed by atoms with van der Waals surface area (Å²) >= 11 is 0. The zero-order chi connectivity index (χ0) is 13.8. The molecule has 98 valence electrons. The van der Waals surface area contributed by atoms with E-state index in [0.29, 0.717) is 25.1 Å². The average molecular weight is 256 g/mol. The number of hydrogen-bond acceptors (Lipinski definition) is 2. The molecule has 0 saturated heterocycles. The Balaban J connectivity index is 2.22. The predicted molar refractivity (Wildman–Crippen MR) is 73.8 cm³/mol. The lowest BCUT2D eigenvalue weighted by atomic mass is 10.1. The molecule has 0 saturated carbocycles. The van der Waals surface area contributed by atoms with Crippen molar-refractivity contribution in [2.24, 2.45) is 0 Å². The topological polar surface area (TPSA) is 49.4 Å². The van der Waals surface area contributed by atoms with Crippen molar-refractivity contribution < 1.29 is 9.59 Å². The monoisotopic (exact) mass is 256 g/mol. The van der Waals surface area contributed by atoms with Crippen molar-refractivity contribution >= 4 is 17.5 Å². The van der Waals surface area contributed by atoms with E-state index in [1.165, 1.54) is 0 Å². The fourth-order valence-corrected chi connectivity index (χ4v) is 2.16. The molecule has 1 aromatic carbocycles. The Hall–Kier alpha value is -2.28. The quantitative estimate of drug-likeness (QED) is 0.833. The van der Waals surface area contributed by atoms with E-state index in [9.17, 15) is 9.59 Å². The first-order chi connectivity index (χ1) is 9.15. The van der Waals surface area contributed by atoms with Gasteiger partial charge in [-0.25, -0.2) is 0 Å². The zero-order valence-corrected chi connectivity index (χ0v) is 10.9. The normalized spacial score (nSPS) is 12.5. The van der Waals surface area contributed by atoms with Crippen LogP contribution in [0.25, 0.3) is 0 Å². The highest BCUT2D eigenvalue weighted by atomic mass is 16.2. The predicted octanol–water partition coefficient (Wildman–Crippen LogP) is 1.67. The maximum absolute atomic E-state index is 12.3. The van der Waals surface area contributed by atoms with Crippen molar-refractivity contribution in [1.29, 1.82) is 0 Å². The molecule has 19 heavy (non-hydrogen) atoms. The van der Waals surface area contributed by atoms with Crippen molar-refractivity contribution in [3.8, 4) is 12.3 Å². The van der Waals surface area contributed by atoms with Gasteiger partial charge in [-0.1, -0.05) is 18.9 Å². The molecule has 1 heterocycles. The van der Waals surface area contributed by atoms with Gasteiger partial charge in [0.2, 0.25) is 5.91 Å². The van der Waals surface area contributed by atoms with Gasteiger partial charge in [0.15, 0.2) is 0 Å². The number of nitrogens with zero attached hydrogens (tertiary/aromatic N) is 1. The van der Waals surface area contributed by atoms with Gasteiger partial charge in [0, 0.05) is 17.8 Å². The van der Waals surface area contributed by atoms with E-state index in [2.05, 4.69) is 11.2 Å². The summed E-state index contributed by atoms with van der Waals surface area (Å²) in [4.78, 5) is 25.2. The van der Waals surface area contributed by atoms with Crippen LogP contribution in [0.15, 0.2) is 18.2 Å². The van der Waals surface area contributed by atoms with Crippen LogP contribution in [0, 0.1) is 12.3 Å². The van der Waals surface area contributed by atoms with E-state index in [1.54, 1.807) is 17.0 Å². The fraction of sp³-hybridized carbons (Fsp3) is 0.333. The third kappa shape index (κ3) is 2.76. The molecule has 0 unspecified atom stereocenters. The molecule has 1 aromatic rings. The fourth-order valence-electron chi connectivity index (χ4n) is 2.16. The highest BCUT2D eigenvalue weighted by Crippen LogP contribution is 2.24. The first-order valence-electron chi connectivity index (χ1n) is 6.31. The minimum Gasteiger partial charge on any atom is -0.328 e. The van der Waals surface area contributed by atoms with Crippen molar-refractivity contribution in [2.75, 3.05) is 18.4 Å². The molecule has 2 rings (SSSR count). The molecule has 0 spiro atoms. The lowest BCUT2D eigenvalue weighted by Crippen LogP contribution is -2.32. The highest BCUT2D eigenvalue weighted by molar-refractivity contribution is 6.02. The molecule has 4 heteroatoms. The van der Waals surface area contributed by atoms with Gasteiger partial charge in [-0.2, -0.15) is 0 Å².